The molecule has 3 aromatic rings. The highest BCUT2D eigenvalue weighted by Gasteiger charge is 2.35. The molecule has 27 heavy (non-hydrogen) atoms. The molecule has 0 bridgehead atoms. The molecular formula is C19H15N5O3. The Hall–Kier alpha value is -3.68. The summed E-state index contributed by atoms with van der Waals surface area (Å²) in [6, 6.07) is 14.9. The first-order valence-electron chi connectivity index (χ1n) is 8.44. The lowest BCUT2D eigenvalue weighted by Crippen LogP contribution is -2.30. The summed E-state index contributed by atoms with van der Waals surface area (Å²) in [6.45, 7) is 0.419. The summed E-state index contributed by atoms with van der Waals surface area (Å²) >= 11 is 0. The van der Waals surface area contributed by atoms with Crippen molar-refractivity contribution in [2.45, 2.75) is 6.04 Å². The van der Waals surface area contributed by atoms with Crippen LogP contribution >= 0.6 is 0 Å². The predicted molar refractivity (Wildman–Crippen MR) is 96.2 cm³/mol. The van der Waals surface area contributed by atoms with Gasteiger partial charge in [-0.2, -0.15) is 4.68 Å². The average molecular weight is 361 g/mol. The van der Waals surface area contributed by atoms with Crippen LogP contribution in [-0.2, 0) is 4.74 Å². The number of hydrogen-bond acceptors (Lipinski definition) is 7. The van der Waals surface area contributed by atoms with Crippen LogP contribution in [0.4, 0.5) is 5.95 Å². The number of hydrogen-bond donors (Lipinski definition) is 1. The number of esters is 1. The molecule has 3 heterocycles. The summed E-state index contributed by atoms with van der Waals surface area (Å²) in [5, 5.41) is 15.4. The first kappa shape index (κ1) is 15.6. The zero-order chi connectivity index (χ0) is 18.4. The van der Waals surface area contributed by atoms with Gasteiger partial charge in [0.1, 0.15) is 18.4 Å². The second-order valence-corrected chi connectivity index (χ2v) is 6.27. The Labute approximate surface area is 154 Å². The minimum atomic E-state index is -0.371. The van der Waals surface area contributed by atoms with Crippen molar-refractivity contribution in [3.63, 3.8) is 0 Å². The van der Waals surface area contributed by atoms with Crippen LogP contribution in [0.3, 0.4) is 0 Å². The van der Waals surface area contributed by atoms with E-state index in [0.717, 1.165) is 28.1 Å². The monoisotopic (exact) mass is 361 g/mol. The summed E-state index contributed by atoms with van der Waals surface area (Å²) < 4.78 is 12.5. The molecule has 0 spiro atoms. The summed E-state index contributed by atoms with van der Waals surface area (Å²) in [5.74, 6) is 1.02. The second kappa shape index (κ2) is 5.94. The van der Waals surface area contributed by atoms with Gasteiger partial charge in [-0.05, 0) is 40.3 Å². The molecule has 1 atom stereocenters. The van der Waals surface area contributed by atoms with E-state index in [1.165, 1.54) is 7.11 Å². The number of carbonyl (C=O) groups excluding carboxylic acids is 1. The van der Waals surface area contributed by atoms with E-state index < -0.39 is 0 Å². The van der Waals surface area contributed by atoms with Crippen LogP contribution in [0.1, 0.15) is 27.5 Å². The van der Waals surface area contributed by atoms with E-state index in [0.29, 0.717) is 18.1 Å². The van der Waals surface area contributed by atoms with Gasteiger partial charge in [-0.25, -0.2) is 4.79 Å². The van der Waals surface area contributed by atoms with Crippen molar-refractivity contribution in [2.24, 2.45) is 0 Å². The molecule has 1 aromatic heterocycles. The third-order valence-corrected chi connectivity index (χ3v) is 4.81. The standard InChI is InChI=1S/C19H15N5O3/c1-26-18(25)12-8-6-11(7-9-12)17-14-10-27-15-5-3-2-4-13(15)16(14)20-19-21-22-23-24(17)19/h2-9,17H,10H2,1H3,(H,20,21,23)/t17-/m1/s1. The average Bonchev–Trinajstić information content (AvgIpc) is 3.19. The molecule has 0 aliphatic carbocycles. The maximum atomic E-state index is 11.7. The first-order chi connectivity index (χ1) is 13.3. The molecule has 8 heteroatoms. The predicted octanol–water partition coefficient (Wildman–Crippen LogP) is 2.28. The van der Waals surface area contributed by atoms with Crippen LogP contribution < -0.4 is 10.1 Å². The maximum absolute atomic E-state index is 11.7. The summed E-state index contributed by atoms with van der Waals surface area (Å²) in [5.41, 5.74) is 4.41. The van der Waals surface area contributed by atoms with E-state index in [1.807, 2.05) is 36.4 Å². The zero-order valence-electron chi connectivity index (χ0n) is 14.4. The molecule has 134 valence electrons. The Balaban J connectivity index is 1.65. The molecule has 2 aliphatic heterocycles. The van der Waals surface area contributed by atoms with Gasteiger partial charge in [0.2, 0.25) is 5.95 Å². The number of nitrogens with one attached hydrogen (secondary N) is 1. The van der Waals surface area contributed by atoms with Crippen LogP contribution in [-0.4, -0.2) is 39.9 Å². The van der Waals surface area contributed by atoms with E-state index in [2.05, 4.69) is 20.8 Å². The normalized spacial score (nSPS) is 17.1. The summed E-state index contributed by atoms with van der Waals surface area (Å²) in [6.07, 6.45) is 0. The third-order valence-electron chi connectivity index (χ3n) is 4.81. The van der Waals surface area contributed by atoms with Gasteiger partial charge in [-0.15, -0.1) is 0 Å². The Morgan fingerprint density at radius 2 is 2.04 bits per heavy atom. The highest BCUT2D eigenvalue weighted by atomic mass is 16.5. The number of anilines is 1. The van der Waals surface area contributed by atoms with Crippen molar-refractivity contribution in [2.75, 3.05) is 19.0 Å². The van der Waals surface area contributed by atoms with E-state index in [-0.39, 0.29) is 12.0 Å². The topological polar surface area (TPSA) is 91.2 Å². The smallest absolute Gasteiger partial charge is 0.337 e. The van der Waals surface area contributed by atoms with Gasteiger partial charge in [0.25, 0.3) is 0 Å². The number of aromatic nitrogens is 4. The molecule has 0 saturated carbocycles. The van der Waals surface area contributed by atoms with Crippen LogP contribution in [0, 0.1) is 0 Å². The van der Waals surface area contributed by atoms with Crippen LogP contribution in [0.5, 0.6) is 5.75 Å². The quantitative estimate of drug-likeness (QED) is 0.700. The van der Waals surface area contributed by atoms with Gasteiger partial charge >= 0.3 is 5.97 Å². The Kier molecular flexibility index (Phi) is 3.43. The number of fused-ring (bicyclic) bond motifs is 3. The number of carbonyl (C=O) groups is 1. The molecule has 0 saturated heterocycles. The van der Waals surface area contributed by atoms with E-state index in [4.69, 9.17) is 9.47 Å². The van der Waals surface area contributed by atoms with Gasteiger partial charge in [-0.1, -0.05) is 29.4 Å². The van der Waals surface area contributed by atoms with Gasteiger partial charge in [-0.3, -0.25) is 0 Å². The lowest BCUT2D eigenvalue weighted by molar-refractivity contribution is 0.0600. The molecular weight excluding hydrogens is 346 g/mol. The van der Waals surface area contributed by atoms with Gasteiger partial charge in [0.05, 0.1) is 18.4 Å². The Morgan fingerprint density at radius 3 is 2.85 bits per heavy atom. The molecule has 1 N–H and O–H groups in total. The molecule has 0 unspecified atom stereocenters. The van der Waals surface area contributed by atoms with Crippen molar-refractivity contribution in [3.8, 4) is 5.75 Å². The molecule has 2 aliphatic rings. The first-order valence-corrected chi connectivity index (χ1v) is 8.44. The number of para-hydroxylation sites is 1. The van der Waals surface area contributed by atoms with Crippen LogP contribution in [0.2, 0.25) is 0 Å². The second-order valence-electron chi connectivity index (χ2n) is 6.27. The molecule has 0 radical (unpaired) electrons. The number of methoxy groups -OCH3 is 1. The third kappa shape index (κ3) is 2.37. The Bertz CT molecular complexity index is 1070. The Morgan fingerprint density at radius 1 is 1.22 bits per heavy atom. The zero-order valence-corrected chi connectivity index (χ0v) is 14.4. The molecule has 0 fully saturated rings. The number of ether oxygens (including phenoxy) is 2. The summed E-state index contributed by atoms with van der Waals surface area (Å²) in [7, 11) is 1.37. The lowest BCUT2D eigenvalue weighted by atomic mass is 9.91. The SMILES string of the molecule is COC(=O)c1ccc([C@@H]2C3=C(Nc4nnnn42)c2ccccc2OC3)cc1. The van der Waals surface area contributed by atoms with Crippen molar-refractivity contribution in [3.05, 3.63) is 70.8 Å². The molecule has 0 amide bonds. The fourth-order valence-corrected chi connectivity index (χ4v) is 3.53. The minimum Gasteiger partial charge on any atom is -0.488 e. The van der Waals surface area contributed by atoms with Crippen LogP contribution in [0.25, 0.3) is 5.70 Å². The van der Waals surface area contributed by atoms with Gasteiger partial charge in [0.15, 0.2) is 0 Å². The van der Waals surface area contributed by atoms with E-state index in [9.17, 15) is 4.79 Å². The highest BCUT2D eigenvalue weighted by Crippen LogP contribution is 2.42. The molecule has 8 nitrogen and oxygen atoms in total. The van der Waals surface area contributed by atoms with Gasteiger partial charge < -0.3 is 14.8 Å². The number of tetrazole rings is 1. The van der Waals surface area contributed by atoms with E-state index >= 15 is 0 Å². The maximum Gasteiger partial charge on any atom is 0.337 e. The number of benzene rings is 2. The van der Waals surface area contributed by atoms with Crippen LogP contribution in [0.15, 0.2) is 54.1 Å². The van der Waals surface area contributed by atoms with Crippen molar-refractivity contribution in [1.29, 1.82) is 0 Å². The van der Waals surface area contributed by atoms with Crippen molar-refractivity contribution in [1.82, 2.24) is 20.2 Å². The molecule has 5 rings (SSSR count). The minimum absolute atomic E-state index is 0.230. The number of nitrogens with zero attached hydrogens (tertiary/aromatic N) is 4. The molecule has 2 aromatic carbocycles. The fourth-order valence-electron chi connectivity index (χ4n) is 3.53. The van der Waals surface area contributed by atoms with E-state index in [1.54, 1.807) is 16.8 Å². The number of rotatable bonds is 2. The van der Waals surface area contributed by atoms with Crippen molar-refractivity contribution >= 4 is 17.6 Å². The van der Waals surface area contributed by atoms with Crippen molar-refractivity contribution < 1.29 is 14.3 Å². The highest BCUT2D eigenvalue weighted by molar-refractivity contribution is 5.89. The fraction of sp³-hybridized carbons (Fsp3) is 0.158. The largest absolute Gasteiger partial charge is 0.488 e. The summed E-state index contributed by atoms with van der Waals surface area (Å²) in [4.78, 5) is 11.7. The van der Waals surface area contributed by atoms with Gasteiger partial charge in [0, 0.05) is 11.1 Å². The lowest BCUT2D eigenvalue weighted by Gasteiger charge is -2.33.